The molecule has 0 aliphatic carbocycles. The van der Waals surface area contributed by atoms with Gasteiger partial charge in [0.2, 0.25) is 0 Å². The number of nitrogens with zero attached hydrogens (tertiary/aromatic N) is 2. The third-order valence-electron chi connectivity index (χ3n) is 2.93. The lowest BCUT2D eigenvalue weighted by Gasteiger charge is -2.13. The van der Waals surface area contributed by atoms with Gasteiger partial charge in [0.1, 0.15) is 0 Å². The van der Waals surface area contributed by atoms with E-state index in [2.05, 4.69) is 5.10 Å². The van der Waals surface area contributed by atoms with Crippen LogP contribution >= 0.6 is 0 Å². The Labute approximate surface area is 108 Å². The SMILES string of the molecule is Cc1c(CCO)cnn1-c1ccccc1C(F)(F)F. The molecule has 0 saturated carbocycles. The summed E-state index contributed by atoms with van der Waals surface area (Å²) in [5, 5.41) is 12.9. The molecule has 102 valence electrons. The summed E-state index contributed by atoms with van der Waals surface area (Å²) in [7, 11) is 0. The topological polar surface area (TPSA) is 38.1 Å². The number of para-hydroxylation sites is 1. The molecule has 2 rings (SSSR count). The van der Waals surface area contributed by atoms with Gasteiger partial charge in [0.15, 0.2) is 0 Å². The van der Waals surface area contributed by atoms with Crippen LogP contribution in [0.4, 0.5) is 13.2 Å². The van der Waals surface area contributed by atoms with E-state index in [-0.39, 0.29) is 12.3 Å². The molecule has 0 atom stereocenters. The van der Waals surface area contributed by atoms with Gasteiger partial charge in [-0.05, 0) is 31.0 Å². The molecule has 0 aliphatic heterocycles. The van der Waals surface area contributed by atoms with Crippen LogP contribution in [0.5, 0.6) is 0 Å². The number of hydrogen-bond acceptors (Lipinski definition) is 2. The summed E-state index contributed by atoms with van der Waals surface area (Å²) in [6.07, 6.45) is -2.56. The summed E-state index contributed by atoms with van der Waals surface area (Å²) < 4.78 is 40.1. The van der Waals surface area contributed by atoms with E-state index in [0.717, 1.165) is 11.6 Å². The predicted molar refractivity (Wildman–Crippen MR) is 64.1 cm³/mol. The van der Waals surface area contributed by atoms with Crippen LogP contribution in [-0.4, -0.2) is 21.5 Å². The molecule has 0 spiro atoms. The van der Waals surface area contributed by atoms with Gasteiger partial charge in [-0.1, -0.05) is 12.1 Å². The second kappa shape index (κ2) is 5.05. The van der Waals surface area contributed by atoms with Gasteiger partial charge in [0.25, 0.3) is 0 Å². The van der Waals surface area contributed by atoms with Crippen molar-refractivity contribution < 1.29 is 18.3 Å². The molecule has 0 amide bonds. The number of aliphatic hydroxyl groups excluding tert-OH is 1. The largest absolute Gasteiger partial charge is 0.418 e. The number of benzene rings is 1. The normalized spacial score (nSPS) is 11.8. The van der Waals surface area contributed by atoms with Crippen molar-refractivity contribution in [3.63, 3.8) is 0 Å². The number of alkyl halides is 3. The van der Waals surface area contributed by atoms with Crippen LogP contribution in [-0.2, 0) is 12.6 Å². The van der Waals surface area contributed by atoms with Gasteiger partial charge < -0.3 is 5.11 Å². The zero-order valence-electron chi connectivity index (χ0n) is 10.3. The van der Waals surface area contributed by atoms with Crippen molar-refractivity contribution in [3.05, 3.63) is 47.3 Å². The highest BCUT2D eigenvalue weighted by atomic mass is 19.4. The molecule has 1 heterocycles. The summed E-state index contributed by atoms with van der Waals surface area (Å²) in [5.41, 5.74) is 0.610. The average Bonchev–Trinajstić information content (AvgIpc) is 2.71. The Hall–Kier alpha value is -1.82. The summed E-state index contributed by atoms with van der Waals surface area (Å²) in [5.74, 6) is 0. The van der Waals surface area contributed by atoms with Crippen molar-refractivity contribution in [1.29, 1.82) is 0 Å². The van der Waals surface area contributed by atoms with Crippen molar-refractivity contribution in [1.82, 2.24) is 9.78 Å². The number of aliphatic hydroxyl groups is 1. The molecule has 0 fully saturated rings. The Balaban J connectivity index is 2.54. The monoisotopic (exact) mass is 270 g/mol. The number of rotatable bonds is 3. The van der Waals surface area contributed by atoms with Crippen LogP contribution in [0, 0.1) is 6.92 Å². The second-order valence-electron chi connectivity index (χ2n) is 4.16. The fourth-order valence-corrected chi connectivity index (χ4v) is 1.95. The molecule has 19 heavy (non-hydrogen) atoms. The molecule has 0 aliphatic rings. The number of halogens is 3. The average molecular weight is 270 g/mol. The minimum atomic E-state index is -4.42. The van der Waals surface area contributed by atoms with Crippen LogP contribution in [0.25, 0.3) is 5.69 Å². The van der Waals surface area contributed by atoms with Gasteiger partial charge in [0, 0.05) is 12.3 Å². The lowest BCUT2D eigenvalue weighted by molar-refractivity contribution is -0.137. The lowest BCUT2D eigenvalue weighted by atomic mass is 10.1. The summed E-state index contributed by atoms with van der Waals surface area (Å²) >= 11 is 0. The summed E-state index contributed by atoms with van der Waals surface area (Å²) in [4.78, 5) is 0. The van der Waals surface area contributed by atoms with Crippen molar-refractivity contribution in [2.24, 2.45) is 0 Å². The van der Waals surface area contributed by atoms with E-state index in [9.17, 15) is 13.2 Å². The molecule has 3 nitrogen and oxygen atoms in total. The maximum Gasteiger partial charge on any atom is 0.418 e. The molecule has 1 aromatic carbocycles. The smallest absolute Gasteiger partial charge is 0.396 e. The third kappa shape index (κ3) is 2.63. The maximum absolute atomic E-state index is 12.9. The van der Waals surface area contributed by atoms with Crippen molar-refractivity contribution in [3.8, 4) is 5.69 Å². The Bertz CT molecular complexity index is 576. The molecular formula is C13H13F3N2O. The predicted octanol–water partition coefficient (Wildman–Crippen LogP) is 2.73. The van der Waals surface area contributed by atoms with Crippen molar-refractivity contribution in [2.45, 2.75) is 19.5 Å². The Morgan fingerprint density at radius 3 is 2.58 bits per heavy atom. The molecule has 1 aromatic heterocycles. The minimum Gasteiger partial charge on any atom is -0.396 e. The first kappa shape index (κ1) is 13.6. The first-order chi connectivity index (χ1) is 8.95. The van der Waals surface area contributed by atoms with Gasteiger partial charge in [-0.3, -0.25) is 0 Å². The summed E-state index contributed by atoms with van der Waals surface area (Å²) in [6.45, 7) is 1.62. The molecular weight excluding hydrogens is 257 g/mol. The number of hydrogen-bond donors (Lipinski definition) is 1. The Morgan fingerprint density at radius 2 is 1.95 bits per heavy atom. The van der Waals surface area contributed by atoms with E-state index in [1.807, 2.05) is 0 Å². The van der Waals surface area contributed by atoms with Gasteiger partial charge >= 0.3 is 6.18 Å². The standard InChI is InChI=1S/C13H13F3N2O/c1-9-10(6-7-19)8-17-18(9)12-5-3-2-4-11(12)13(14,15)16/h2-5,8,19H,6-7H2,1H3. The Morgan fingerprint density at radius 1 is 1.26 bits per heavy atom. The van der Waals surface area contributed by atoms with E-state index in [1.54, 1.807) is 6.92 Å². The van der Waals surface area contributed by atoms with Crippen LogP contribution < -0.4 is 0 Å². The van der Waals surface area contributed by atoms with Crippen molar-refractivity contribution in [2.75, 3.05) is 6.61 Å². The molecule has 0 unspecified atom stereocenters. The highest BCUT2D eigenvalue weighted by Crippen LogP contribution is 2.34. The summed E-state index contributed by atoms with van der Waals surface area (Å²) in [6, 6.07) is 5.30. The van der Waals surface area contributed by atoms with Crippen LogP contribution in [0.2, 0.25) is 0 Å². The lowest BCUT2D eigenvalue weighted by Crippen LogP contribution is -2.12. The van der Waals surface area contributed by atoms with Gasteiger partial charge in [-0.15, -0.1) is 0 Å². The van der Waals surface area contributed by atoms with E-state index in [1.165, 1.54) is 29.1 Å². The quantitative estimate of drug-likeness (QED) is 0.931. The molecule has 1 N–H and O–H groups in total. The molecule has 0 radical (unpaired) electrons. The highest BCUT2D eigenvalue weighted by Gasteiger charge is 2.34. The fraction of sp³-hybridized carbons (Fsp3) is 0.308. The molecule has 6 heteroatoms. The first-order valence-corrected chi connectivity index (χ1v) is 5.76. The van der Waals surface area contributed by atoms with Crippen LogP contribution in [0.1, 0.15) is 16.8 Å². The Kier molecular flexibility index (Phi) is 3.61. The minimum absolute atomic E-state index is 0.00307. The second-order valence-corrected chi connectivity index (χ2v) is 4.16. The van der Waals surface area contributed by atoms with Gasteiger partial charge in [-0.25, -0.2) is 4.68 Å². The van der Waals surface area contributed by atoms with E-state index >= 15 is 0 Å². The van der Waals surface area contributed by atoms with E-state index in [0.29, 0.717) is 12.1 Å². The fourth-order valence-electron chi connectivity index (χ4n) is 1.95. The van der Waals surface area contributed by atoms with E-state index in [4.69, 9.17) is 5.11 Å². The molecule has 0 bridgehead atoms. The molecule has 2 aromatic rings. The molecule has 0 saturated heterocycles. The van der Waals surface area contributed by atoms with E-state index < -0.39 is 11.7 Å². The van der Waals surface area contributed by atoms with Crippen LogP contribution in [0.3, 0.4) is 0 Å². The maximum atomic E-state index is 12.9. The highest BCUT2D eigenvalue weighted by molar-refractivity contribution is 5.44. The van der Waals surface area contributed by atoms with Crippen molar-refractivity contribution >= 4 is 0 Å². The third-order valence-corrected chi connectivity index (χ3v) is 2.93. The number of aromatic nitrogens is 2. The zero-order chi connectivity index (χ0) is 14.0. The van der Waals surface area contributed by atoms with Gasteiger partial charge in [-0.2, -0.15) is 18.3 Å². The first-order valence-electron chi connectivity index (χ1n) is 5.76. The van der Waals surface area contributed by atoms with Gasteiger partial charge in [0.05, 0.1) is 17.4 Å². The zero-order valence-corrected chi connectivity index (χ0v) is 10.3. The van der Waals surface area contributed by atoms with Crippen LogP contribution in [0.15, 0.2) is 30.5 Å².